The van der Waals surface area contributed by atoms with Gasteiger partial charge in [-0.3, -0.25) is 10.2 Å². The quantitative estimate of drug-likeness (QED) is 0.752. The first kappa shape index (κ1) is 17.9. The zero-order chi connectivity index (χ0) is 17.9. The first-order valence-corrected chi connectivity index (χ1v) is 8.36. The van der Waals surface area contributed by atoms with Crippen molar-refractivity contribution < 1.29 is 26.9 Å². The number of carbonyl (C=O) groups is 1. The standard InChI is InChI=1S/C14H16FN3O5S/c1-8-13(9(2)23-17-8)24(20,21)18-16-14(19)10(3)22-12-7-5-4-6-11(12)15/h4-7,10,18H,1-3H3,(H,16,19)/t10-/m0/s1. The second-order valence-electron chi connectivity index (χ2n) is 4.94. The molecule has 1 amide bonds. The zero-order valence-corrected chi connectivity index (χ0v) is 14.0. The lowest BCUT2D eigenvalue weighted by atomic mass is 10.3. The molecule has 0 aliphatic carbocycles. The number of para-hydroxylation sites is 1. The van der Waals surface area contributed by atoms with E-state index in [2.05, 4.69) is 5.16 Å². The van der Waals surface area contributed by atoms with E-state index in [4.69, 9.17) is 9.26 Å². The lowest BCUT2D eigenvalue weighted by molar-refractivity contribution is -0.127. The van der Waals surface area contributed by atoms with E-state index in [1.165, 1.54) is 39.0 Å². The molecule has 24 heavy (non-hydrogen) atoms. The number of hydrazine groups is 1. The maximum atomic E-state index is 13.5. The number of nitrogens with zero attached hydrogens (tertiary/aromatic N) is 1. The van der Waals surface area contributed by atoms with E-state index < -0.39 is 27.9 Å². The Morgan fingerprint density at radius 1 is 1.33 bits per heavy atom. The number of rotatable bonds is 6. The van der Waals surface area contributed by atoms with Gasteiger partial charge in [0, 0.05) is 0 Å². The van der Waals surface area contributed by atoms with Crippen LogP contribution in [0, 0.1) is 19.7 Å². The van der Waals surface area contributed by atoms with E-state index in [0.29, 0.717) is 0 Å². The summed E-state index contributed by atoms with van der Waals surface area (Å²) < 4.78 is 47.7. The Hall–Kier alpha value is -2.46. The molecule has 1 atom stereocenters. The van der Waals surface area contributed by atoms with Gasteiger partial charge >= 0.3 is 0 Å². The number of sulfonamides is 1. The van der Waals surface area contributed by atoms with Crippen molar-refractivity contribution in [1.82, 2.24) is 15.4 Å². The van der Waals surface area contributed by atoms with Gasteiger partial charge in [-0.1, -0.05) is 17.3 Å². The fourth-order valence-electron chi connectivity index (χ4n) is 1.91. The number of ether oxygens (including phenoxy) is 1. The lowest BCUT2D eigenvalue weighted by Crippen LogP contribution is -2.47. The average Bonchev–Trinajstić information content (AvgIpc) is 2.86. The highest BCUT2D eigenvalue weighted by molar-refractivity contribution is 7.89. The van der Waals surface area contributed by atoms with Gasteiger partial charge in [0.1, 0.15) is 10.6 Å². The molecule has 0 aliphatic heterocycles. The molecule has 1 aromatic carbocycles. The van der Waals surface area contributed by atoms with E-state index in [1.807, 2.05) is 10.3 Å². The van der Waals surface area contributed by atoms with Crippen molar-refractivity contribution in [2.24, 2.45) is 0 Å². The molecule has 10 heteroatoms. The Balaban J connectivity index is 2.01. The summed E-state index contributed by atoms with van der Waals surface area (Å²) in [5.74, 6) is -1.46. The Morgan fingerprint density at radius 2 is 2.00 bits per heavy atom. The average molecular weight is 357 g/mol. The van der Waals surface area contributed by atoms with Crippen molar-refractivity contribution in [2.75, 3.05) is 0 Å². The van der Waals surface area contributed by atoms with Crippen LogP contribution in [0.1, 0.15) is 18.4 Å². The molecule has 0 saturated carbocycles. The van der Waals surface area contributed by atoms with Gasteiger partial charge in [0.2, 0.25) is 0 Å². The Morgan fingerprint density at radius 3 is 2.58 bits per heavy atom. The maximum Gasteiger partial charge on any atom is 0.275 e. The molecule has 1 heterocycles. The molecule has 2 N–H and O–H groups in total. The third-order valence-corrected chi connectivity index (χ3v) is 4.55. The third kappa shape index (κ3) is 3.89. The van der Waals surface area contributed by atoms with Crippen molar-refractivity contribution >= 4 is 15.9 Å². The van der Waals surface area contributed by atoms with Gasteiger partial charge in [0.05, 0.1) is 0 Å². The van der Waals surface area contributed by atoms with E-state index in [9.17, 15) is 17.6 Å². The van der Waals surface area contributed by atoms with E-state index in [1.54, 1.807) is 6.07 Å². The predicted molar refractivity (Wildman–Crippen MR) is 80.9 cm³/mol. The minimum atomic E-state index is -4.06. The lowest BCUT2D eigenvalue weighted by Gasteiger charge is -2.15. The molecule has 1 aromatic heterocycles. The van der Waals surface area contributed by atoms with Gasteiger partial charge in [-0.2, -0.15) is 0 Å². The molecular formula is C14H16FN3O5S. The number of hydrogen-bond acceptors (Lipinski definition) is 6. The fraction of sp³-hybridized carbons (Fsp3) is 0.286. The SMILES string of the molecule is Cc1noc(C)c1S(=O)(=O)NNC(=O)[C@H](C)Oc1ccccc1F. The third-order valence-electron chi connectivity index (χ3n) is 3.05. The molecular weight excluding hydrogens is 341 g/mol. The van der Waals surface area contributed by atoms with Gasteiger partial charge in [0.15, 0.2) is 23.4 Å². The number of carbonyl (C=O) groups excluding carboxylic acids is 1. The van der Waals surface area contributed by atoms with Crippen LogP contribution in [0.15, 0.2) is 33.7 Å². The monoisotopic (exact) mass is 357 g/mol. The van der Waals surface area contributed by atoms with Crippen molar-refractivity contribution in [3.05, 3.63) is 41.5 Å². The van der Waals surface area contributed by atoms with Crippen molar-refractivity contribution in [3.8, 4) is 5.75 Å². The number of aromatic nitrogens is 1. The highest BCUT2D eigenvalue weighted by atomic mass is 32.2. The van der Waals surface area contributed by atoms with Gasteiger partial charge in [0.25, 0.3) is 15.9 Å². The van der Waals surface area contributed by atoms with Crippen molar-refractivity contribution in [2.45, 2.75) is 31.8 Å². The highest BCUT2D eigenvalue weighted by Crippen LogP contribution is 2.18. The predicted octanol–water partition coefficient (Wildman–Crippen LogP) is 1.21. The van der Waals surface area contributed by atoms with Crippen LogP contribution in [-0.2, 0) is 14.8 Å². The molecule has 2 rings (SSSR count). The second kappa shape index (κ2) is 6.97. The van der Waals surface area contributed by atoms with Crippen LogP contribution in [-0.4, -0.2) is 25.6 Å². The van der Waals surface area contributed by atoms with Crippen molar-refractivity contribution in [1.29, 1.82) is 0 Å². The van der Waals surface area contributed by atoms with Crippen LogP contribution in [0.25, 0.3) is 0 Å². The summed E-state index contributed by atoms with van der Waals surface area (Å²) >= 11 is 0. The van der Waals surface area contributed by atoms with Crippen LogP contribution >= 0.6 is 0 Å². The summed E-state index contributed by atoms with van der Waals surface area (Å²) in [6, 6.07) is 5.56. The largest absolute Gasteiger partial charge is 0.478 e. The van der Waals surface area contributed by atoms with Crippen LogP contribution in [0.5, 0.6) is 5.75 Å². The van der Waals surface area contributed by atoms with Crippen LogP contribution in [0.3, 0.4) is 0 Å². The normalized spacial score (nSPS) is 12.7. The summed E-state index contributed by atoms with van der Waals surface area (Å²) in [7, 11) is -4.06. The summed E-state index contributed by atoms with van der Waals surface area (Å²) in [5, 5.41) is 3.54. The molecule has 130 valence electrons. The Kier molecular flexibility index (Phi) is 5.20. The molecule has 0 bridgehead atoms. The van der Waals surface area contributed by atoms with E-state index in [-0.39, 0.29) is 22.1 Å². The van der Waals surface area contributed by atoms with Gasteiger partial charge < -0.3 is 9.26 Å². The number of nitrogens with one attached hydrogen (secondary N) is 2. The summed E-state index contributed by atoms with van der Waals surface area (Å²) in [5.41, 5.74) is 2.17. The van der Waals surface area contributed by atoms with Gasteiger partial charge in [-0.05, 0) is 32.9 Å². The fourth-order valence-corrected chi connectivity index (χ4v) is 3.09. The number of amides is 1. The van der Waals surface area contributed by atoms with Gasteiger partial charge in [-0.15, -0.1) is 4.83 Å². The zero-order valence-electron chi connectivity index (χ0n) is 13.2. The Bertz CT molecular complexity index is 830. The summed E-state index contributed by atoms with van der Waals surface area (Å²) in [4.78, 5) is 13.7. The maximum absolute atomic E-state index is 13.5. The number of hydrogen-bond donors (Lipinski definition) is 2. The molecule has 0 aliphatic rings. The van der Waals surface area contributed by atoms with Crippen LogP contribution in [0.4, 0.5) is 4.39 Å². The second-order valence-corrected chi connectivity index (χ2v) is 6.56. The number of halogens is 1. The molecule has 2 aromatic rings. The topological polar surface area (TPSA) is 111 Å². The molecule has 0 spiro atoms. The highest BCUT2D eigenvalue weighted by Gasteiger charge is 2.26. The molecule has 0 saturated heterocycles. The first-order chi connectivity index (χ1) is 11.2. The van der Waals surface area contributed by atoms with Gasteiger partial charge in [-0.25, -0.2) is 12.8 Å². The first-order valence-electron chi connectivity index (χ1n) is 6.88. The molecule has 0 radical (unpaired) electrons. The Labute approximate surface area is 138 Å². The van der Waals surface area contributed by atoms with E-state index >= 15 is 0 Å². The minimum Gasteiger partial charge on any atom is -0.478 e. The smallest absolute Gasteiger partial charge is 0.275 e. The molecule has 0 fully saturated rings. The molecule has 8 nitrogen and oxygen atoms in total. The van der Waals surface area contributed by atoms with Crippen LogP contribution in [0.2, 0.25) is 0 Å². The summed E-state index contributed by atoms with van der Waals surface area (Å²) in [6.45, 7) is 4.24. The summed E-state index contributed by atoms with van der Waals surface area (Å²) in [6.07, 6.45) is -1.13. The van der Waals surface area contributed by atoms with Crippen LogP contribution < -0.4 is 15.0 Å². The molecule has 0 unspecified atom stereocenters. The number of benzene rings is 1. The number of aryl methyl sites for hydroxylation is 2. The van der Waals surface area contributed by atoms with E-state index in [0.717, 1.165) is 0 Å². The minimum absolute atomic E-state index is 0.0879. The van der Waals surface area contributed by atoms with Crippen molar-refractivity contribution in [3.63, 3.8) is 0 Å².